The van der Waals surface area contributed by atoms with Crippen LogP contribution in [0.1, 0.15) is 34.3 Å². The predicted molar refractivity (Wildman–Crippen MR) is 129 cm³/mol. The van der Waals surface area contributed by atoms with Gasteiger partial charge >= 0.3 is 0 Å². The highest BCUT2D eigenvalue weighted by atomic mass is 32.2. The van der Waals surface area contributed by atoms with Crippen LogP contribution in [0.5, 0.6) is 0 Å². The highest BCUT2D eigenvalue weighted by molar-refractivity contribution is 7.92. The number of benzene rings is 3. The van der Waals surface area contributed by atoms with Crippen molar-refractivity contribution in [1.82, 2.24) is 5.32 Å². The third-order valence-corrected chi connectivity index (χ3v) is 7.60. The first kappa shape index (κ1) is 23.0. The van der Waals surface area contributed by atoms with Crippen LogP contribution in [-0.4, -0.2) is 34.1 Å². The Labute approximate surface area is 195 Å². The van der Waals surface area contributed by atoms with E-state index in [2.05, 4.69) is 22.2 Å². The Kier molecular flexibility index (Phi) is 6.81. The van der Waals surface area contributed by atoms with Crippen LogP contribution in [0.25, 0.3) is 0 Å². The Bertz CT molecular complexity index is 1210. The van der Waals surface area contributed by atoms with Crippen molar-refractivity contribution in [3.05, 3.63) is 95.6 Å². The number of rotatable bonds is 7. The van der Waals surface area contributed by atoms with Gasteiger partial charge in [-0.15, -0.1) is 0 Å². The monoisotopic (exact) mass is 464 g/mol. The normalized spacial score (nSPS) is 15.5. The van der Waals surface area contributed by atoms with Crippen molar-refractivity contribution >= 4 is 21.6 Å². The first-order valence-electron chi connectivity index (χ1n) is 11.0. The third kappa shape index (κ3) is 5.26. The second-order valence-corrected chi connectivity index (χ2v) is 10.1. The maximum atomic E-state index is 13.0. The molecule has 1 aliphatic rings. The molecule has 0 saturated carbocycles. The van der Waals surface area contributed by atoms with Gasteiger partial charge in [0, 0.05) is 30.7 Å². The number of hydrogen-bond acceptors (Lipinski definition) is 4. The minimum atomic E-state index is -3.75. The van der Waals surface area contributed by atoms with Gasteiger partial charge in [0.05, 0.1) is 10.6 Å². The molecule has 33 heavy (non-hydrogen) atoms. The zero-order valence-electron chi connectivity index (χ0n) is 18.6. The van der Waals surface area contributed by atoms with Gasteiger partial charge in [0.25, 0.3) is 15.9 Å². The van der Waals surface area contributed by atoms with E-state index in [-0.39, 0.29) is 16.2 Å². The predicted octanol–water partition coefficient (Wildman–Crippen LogP) is 4.27. The second-order valence-electron chi connectivity index (χ2n) is 8.39. The Balaban J connectivity index is 1.52. The van der Waals surface area contributed by atoms with Gasteiger partial charge in [0.1, 0.15) is 0 Å². The lowest BCUT2D eigenvalue weighted by Gasteiger charge is -2.38. The molecule has 0 atom stereocenters. The molecule has 1 amide bonds. The number of hydrogen-bond donors (Lipinski definition) is 2. The molecular weight excluding hydrogens is 436 g/mol. The average Bonchev–Trinajstić information content (AvgIpc) is 2.85. The van der Waals surface area contributed by atoms with Crippen LogP contribution in [0.15, 0.2) is 83.8 Å². The summed E-state index contributed by atoms with van der Waals surface area (Å²) < 4.78 is 33.7. The summed E-state index contributed by atoms with van der Waals surface area (Å²) >= 11 is 0. The van der Waals surface area contributed by atoms with E-state index in [4.69, 9.17) is 4.74 Å². The average molecular weight is 465 g/mol. The van der Waals surface area contributed by atoms with E-state index in [9.17, 15) is 13.2 Å². The molecule has 0 aliphatic carbocycles. The largest absolute Gasteiger partial charge is 0.381 e. The van der Waals surface area contributed by atoms with Gasteiger partial charge in [0.15, 0.2) is 0 Å². The summed E-state index contributed by atoms with van der Waals surface area (Å²) in [6.07, 6.45) is 1.65. The maximum Gasteiger partial charge on any atom is 0.261 e. The van der Waals surface area contributed by atoms with Crippen molar-refractivity contribution in [2.24, 2.45) is 0 Å². The van der Waals surface area contributed by atoms with Crippen LogP contribution in [0, 0.1) is 6.92 Å². The number of carbonyl (C=O) groups is 1. The lowest BCUT2D eigenvalue weighted by Crippen LogP contribution is -2.44. The lowest BCUT2D eigenvalue weighted by atomic mass is 9.74. The first-order valence-corrected chi connectivity index (χ1v) is 12.5. The summed E-state index contributed by atoms with van der Waals surface area (Å²) in [5.41, 5.74) is 2.53. The van der Waals surface area contributed by atoms with Crippen molar-refractivity contribution < 1.29 is 17.9 Å². The van der Waals surface area contributed by atoms with Crippen molar-refractivity contribution in [2.45, 2.75) is 30.1 Å². The number of carbonyl (C=O) groups excluding carboxylic acids is 1. The van der Waals surface area contributed by atoms with E-state index >= 15 is 0 Å². The van der Waals surface area contributed by atoms with Gasteiger partial charge in [-0.2, -0.15) is 0 Å². The molecule has 0 radical (unpaired) electrons. The van der Waals surface area contributed by atoms with Crippen molar-refractivity contribution in [3.63, 3.8) is 0 Å². The van der Waals surface area contributed by atoms with Crippen LogP contribution < -0.4 is 10.0 Å². The van der Waals surface area contributed by atoms with Crippen molar-refractivity contribution in [1.29, 1.82) is 0 Å². The molecule has 1 fully saturated rings. The van der Waals surface area contributed by atoms with Gasteiger partial charge in [-0.3, -0.25) is 9.52 Å². The molecule has 3 aromatic rings. The fourth-order valence-electron chi connectivity index (χ4n) is 4.15. The van der Waals surface area contributed by atoms with Gasteiger partial charge in [-0.25, -0.2) is 8.42 Å². The van der Waals surface area contributed by atoms with E-state index in [0.29, 0.717) is 31.0 Å². The molecule has 7 heteroatoms. The summed E-state index contributed by atoms with van der Waals surface area (Å²) in [6, 6.07) is 23.4. The minimum Gasteiger partial charge on any atom is -0.381 e. The third-order valence-electron chi connectivity index (χ3n) is 6.22. The number of nitrogens with one attached hydrogen (secondary N) is 2. The van der Waals surface area contributed by atoms with Crippen molar-refractivity contribution in [3.8, 4) is 0 Å². The highest BCUT2D eigenvalue weighted by Gasteiger charge is 2.34. The standard InChI is InChI=1S/C26H28N2O4S/c1-20-12-13-21(18-24(20)28-33(30,31)23-10-6-3-7-11-23)25(29)27-19-26(14-16-32-17-15-26)22-8-4-2-5-9-22/h2-13,18,28H,14-17,19H2,1H3,(H,27,29). The Morgan fingerprint density at radius 2 is 1.58 bits per heavy atom. The molecule has 6 nitrogen and oxygen atoms in total. The molecule has 2 N–H and O–H groups in total. The van der Waals surface area contributed by atoms with Crippen molar-refractivity contribution in [2.75, 3.05) is 24.5 Å². The molecule has 1 saturated heterocycles. The molecule has 0 spiro atoms. The number of anilines is 1. The number of sulfonamides is 1. The molecule has 0 aromatic heterocycles. The van der Waals surface area contributed by atoms with Crippen LogP contribution in [0.3, 0.4) is 0 Å². The zero-order valence-corrected chi connectivity index (χ0v) is 19.4. The molecule has 0 bridgehead atoms. The molecule has 4 rings (SSSR count). The van der Waals surface area contributed by atoms with Crippen LogP contribution in [0.4, 0.5) is 5.69 Å². The van der Waals surface area contributed by atoms with E-state index < -0.39 is 10.0 Å². The van der Waals surface area contributed by atoms with Crippen LogP contribution >= 0.6 is 0 Å². The van der Waals surface area contributed by atoms with Crippen LogP contribution in [0.2, 0.25) is 0 Å². The SMILES string of the molecule is Cc1ccc(C(=O)NCC2(c3ccccc3)CCOCC2)cc1NS(=O)(=O)c1ccccc1. The van der Waals surface area contributed by atoms with E-state index in [1.165, 1.54) is 17.7 Å². The maximum absolute atomic E-state index is 13.0. The molecule has 0 unspecified atom stereocenters. The quantitative estimate of drug-likeness (QED) is 0.547. The van der Waals surface area contributed by atoms with Gasteiger partial charge in [-0.05, 0) is 55.2 Å². The summed E-state index contributed by atoms with van der Waals surface area (Å²) in [4.78, 5) is 13.2. The summed E-state index contributed by atoms with van der Waals surface area (Å²) in [5, 5.41) is 3.08. The molecule has 1 aliphatic heterocycles. The molecule has 3 aromatic carbocycles. The first-order chi connectivity index (χ1) is 15.9. The molecular formula is C26H28N2O4S. The van der Waals surface area contributed by atoms with E-state index in [1.807, 2.05) is 18.2 Å². The second kappa shape index (κ2) is 9.77. The highest BCUT2D eigenvalue weighted by Crippen LogP contribution is 2.34. The van der Waals surface area contributed by atoms with E-state index in [0.717, 1.165) is 18.4 Å². The minimum absolute atomic E-state index is 0.170. The fraction of sp³-hybridized carbons (Fsp3) is 0.269. The topological polar surface area (TPSA) is 84.5 Å². The smallest absolute Gasteiger partial charge is 0.261 e. The molecule has 1 heterocycles. The molecule has 172 valence electrons. The Morgan fingerprint density at radius 1 is 0.939 bits per heavy atom. The summed E-state index contributed by atoms with van der Waals surface area (Å²) in [5.74, 6) is -0.239. The number of amides is 1. The number of ether oxygens (including phenoxy) is 1. The summed E-state index contributed by atoms with van der Waals surface area (Å²) in [7, 11) is -3.75. The van der Waals surface area contributed by atoms with Gasteiger partial charge in [-0.1, -0.05) is 54.6 Å². The number of aryl methyl sites for hydroxylation is 1. The lowest BCUT2D eigenvalue weighted by molar-refractivity contribution is 0.0487. The Hall–Kier alpha value is -3.16. The van der Waals surface area contributed by atoms with Crippen LogP contribution in [-0.2, 0) is 20.2 Å². The Morgan fingerprint density at radius 3 is 2.24 bits per heavy atom. The van der Waals surface area contributed by atoms with Gasteiger partial charge in [0.2, 0.25) is 0 Å². The zero-order chi connectivity index (χ0) is 23.3. The summed E-state index contributed by atoms with van der Waals surface area (Å²) in [6.45, 7) is 3.59. The van der Waals surface area contributed by atoms with Gasteiger partial charge < -0.3 is 10.1 Å². The fourth-order valence-corrected chi connectivity index (χ4v) is 5.29. The van der Waals surface area contributed by atoms with E-state index in [1.54, 1.807) is 43.3 Å².